The van der Waals surface area contributed by atoms with E-state index in [1.807, 2.05) is 20.8 Å². The van der Waals surface area contributed by atoms with Gasteiger partial charge in [-0.05, 0) is 0 Å². The van der Waals surface area contributed by atoms with Crippen LogP contribution < -0.4 is 0 Å². The van der Waals surface area contributed by atoms with Crippen molar-refractivity contribution in [3.63, 3.8) is 0 Å². The molecule has 0 spiro atoms. The number of halogens is 4. The number of alkyl halides is 3. The molecule has 5 nitrogen and oxygen atoms in total. The Balaban J connectivity index is 2.51. The molecule has 0 saturated carbocycles. The molecule has 0 aliphatic heterocycles. The number of carboxylic acid groups (broad SMARTS) is 1. The van der Waals surface area contributed by atoms with E-state index in [9.17, 15) is 26.4 Å². The Morgan fingerprint density at radius 1 is 1.00 bits per heavy atom. The molecule has 0 radical (unpaired) electrons. The van der Waals surface area contributed by atoms with Crippen LogP contribution in [-0.2, 0) is 18.0 Å². The van der Waals surface area contributed by atoms with Crippen molar-refractivity contribution >= 4 is 36.3 Å². The van der Waals surface area contributed by atoms with Crippen LogP contribution in [0.5, 0.6) is 0 Å². The maximum absolute atomic E-state index is 12.9. The fraction of sp³-hybridized carbons (Fsp3) is 0.316. The van der Waals surface area contributed by atoms with Gasteiger partial charge < -0.3 is 0 Å². The first kappa shape index (κ1) is 23.6. The van der Waals surface area contributed by atoms with Gasteiger partial charge in [-0.2, -0.15) is 0 Å². The van der Waals surface area contributed by atoms with Crippen molar-refractivity contribution in [3.05, 3.63) is 66.8 Å². The van der Waals surface area contributed by atoms with Crippen LogP contribution in [0.4, 0.5) is 13.2 Å². The summed E-state index contributed by atoms with van der Waals surface area (Å²) in [4.78, 5) is 11.0. The van der Waals surface area contributed by atoms with Crippen molar-refractivity contribution in [1.82, 2.24) is 0 Å². The van der Waals surface area contributed by atoms with Gasteiger partial charge in [0.1, 0.15) is 0 Å². The minimum atomic E-state index is -5.81. The normalized spacial score (nSPS) is 13.2. The number of carboxylic acids is 1. The molecule has 2 aromatic carbocycles. The van der Waals surface area contributed by atoms with Gasteiger partial charge in [0.15, 0.2) is 0 Å². The molecule has 0 unspecified atom stereocenters. The summed E-state index contributed by atoms with van der Waals surface area (Å²) in [6.07, 6.45) is 0.838. The van der Waals surface area contributed by atoms with Gasteiger partial charge >= 0.3 is 175 Å². The predicted octanol–water partition coefficient (Wildman–Crippen LogP) is 5.40. The monoisotopic (exact) mass is 544 g/mol. The Labute approximate surface area is 175 Å². The van der Waals surface area contributed by atoms with Gasteiger partial charge in [-0.25, -0.2) is 0 Å². The number of benzene rings is 2. The number of rotatable bonds is 7. The first-order valence-electron chi connectivity index (χ1n) is 8.43. The van der Waals surface area contributed by atoms with Crippen LogP contribution in [0.1, 0.15) is 43.1 Å². The molecular weight excluding hydrogens is 524 g/mol. The third-order valence-electron chi connectivity index (χ3n) is 4.43. The molecular formula is C19H20F3IO5S. The van der Waals surface area contributed by atoms with Crippen LogP contribution in [-0.4, -0.2) is 25.0 Å². The molecule has 0 heterocycles. The summed E-state index contributed by atoms with van der Waals surface area (Å²) < 4.78 is 67.3. The zero-order valence-corrected chi connectivity index (χ0v) is 18.8. The van der Waals surface area contributed by atoms with Crippen molar-refractivity contribution in [2.45, 2.75) is 38.1 Å². The average molecular weight is 544 g/mol. The fourth-order valence-electron chi connectivity index (χ4n) is 2.24. The predicted molar refractivity (Wildman–Crippen MR) is 111 cm³/mol. The third kappa shape index (κ3) is 5.48. The zero-order valence-electron chi connectivity index (χ0n) is 15.8. The summed E-state index contributed by atoms with van der Waals surface area (Å²) in [5.74, 6) is -1.20. The molecule has 0 atom stereocenters. The maximum atomic E-state index is 12.9. The Bertz CT molecular complexity index is 968. The second kappa shape index (κ2) is 8.60. The van der Waals surface area contributed by atoms with E-state index in [1.165, 1.54) is 24.3 Å². The molecule has 2 rings (SSSR count). The van der Waals surface area contributed by atoms with E-state index in [2.05, 4.69) is 2.51 Å². The molecule has 0 aliphatic carbocycles. The first-order valence-corrected chi connectivity index (χ1v) is 12.9. The SMILES string of the molecule is CCC(C)(C)c1ccc(I(OS(=O)(=O)C(F)(F)F)c2ccc(C(=O)O)cc2)cc1. The topological polar surface area (TPSA) is 80.7 Å². The van der Waals surface area contributed by atoms with Gasteiger partial charge in [-0.15, -0.1) is 0 Å². The Morgan fingerprint density at radius 2 is 1.45 bits per heavy atom. The Morgan fingerprint density at radius 3 is 1.83 bits per heavy atom. The van der Waals surface area contributed by atoms with Gasteiger partial charge in [0.05, 0.1) is 0 Å². The quantitative estimate of drug-likeness (QED) is 0.373. The summed E-state index contributed by atoms with van der Waals surface area (Å²) in [6, 6.07) is 11.7. The van der Waals surface area contributed by atoms with Gasteiger partial charge in [-0.3, -0.25) is 0 Å². The number of hydrogen-bond donors (Lipinski definition) is 1. The summed E-state index contributed by atoms with van der Waals surface area (Å²) in [7, 11) is -5.81. The van der Waals surface area contributed by atoms with Crippen molar-refractivity contribution in [3.8, 4) is 0 Å². The summed E-state index contributed by atoms with van der Waals surface area (Å²) in [6.45, 7) is 6.05. The van der Waals surface area contributed by atoms with E-state index in [0.717, 1.165) is 12.0 Å². The standard InChI is InChI=1S/C19H20F3IO5S/c1-4-18(2,3)14-7-11-16(12-8-14)23(28-29(26,27)19(20,21)22)15-9-5-13(6-10-15)17(24)25/h5-12H,4H2,1-3H3,(H,24,25). The van der Waals surface area contributed by atoms with Gasteiger partial charge in [0, 0.05) is 0 Å². The van der Waals surface area contributed by atoms with Crippen molar-refractivity contribution in [1.29, 1.82) is 0 Å². The second-order valence-electron chi connectivity index (χ2n) is 6.77. The third-order valence-corrected chi connectivity index (χ3v) is 11.5. The van der Waals surface area contributed by atoms with Crippen LogP contribution in [0.25, 0.3) is 0 Å². The van der Waals surface area contributed by atoms with Gasteiger partial charge in [0.25, 0.3) is 0 Å². The van der Waals surface area contributed by atoms with Crippen molar-refractivity contribution in [2.75, 3.05) is 0 Å². The van der Waals surface area contributed by atoms with E-state index in [4.69, 9.17) is 5.11 Å². The number of aromatic carboxylic acids is 1. The van der Waals surface area contributed by atoms with Crippen LogP contribution >= 0.6 is 20.2 Å². The van der Waals surface area contributed by atoms with E-state index in [0.29, 0.717) is 3.57 Å². The molecule has 0 saturated heterocycles. The van der Waals surface area contributed by atoms with Crippen LogP contribution in [0, 0.1) is 7.14 Å². The Hall–Kier alpha value is -1.66. The van der Waals surface area contributed by atoms with E-state index in [1.54, 1.807) is 24.3 Å². The molecule has 160 valence electrons. The molecule has 1 N–H and O–H groups in total. The van der Waals surface area contributed by atoms with Crippen molar-refractivity contribution < 1.29 is 34.0 Å². The van der Waals surface area contributed by atoms with Gasteiger partial charge in [-0.1, -0.05) is 0 Å². The van der Waals surface area contributed by atoms with Gasteiger partial charge in [0.2, 0.25) is 0 Å². The minimum absolute atomic E-state index is 0.0664. The molecule has 29 heavy (non-hydrogen) atoms. The zero-order chi connectivity index (χ0) is 22.0. The van der Waals surface area contributed by atoms with Crippen LogP contribution in [0.15, 0.2) is 48.5 Å². The summed E-state index contributed by atoms with van der Waals surface area (Å²) in [5.41, 5.74) is -4.81. The number of carbonyl (C=O) groups is 1. The molecule has 2 aromatic rings. The summed E-state index contributed by atoms with van der Waals surface area (Å²) in [5, 5.41) is 8.99. The molecule has 0 amide bonds. The van der Waals surface area contributed by atoms with Crippen LogP contribution in [0.3, 0.4) is 0 Å². The average Bonchev–Trinajstić information content (AvgIpc) is 2.65. The fourth-order valence-corrected chi connectivity index (χ4v) is 8.65. The van der Waals surface area contributed by atoms with Crippen molar-refractivity contribution in [2.24, 2.45) is 0 Å². The molecule has 0 aliphatic rings. The van der Waals surface area contributed by atoms with E-state index < -0.39 is 41.8 Å². The first-order chi connectivity index (χ1) is 13.3. The van der Waals surface area contributed by atoms with E-state index in [-0.39, 0.29) is 14.5 Å². The molecule has 0 bridgehead atoms. The van der Waals surface area contributed by atoms with E-state index >= 15 is 0 Å². The molecule has 0 aromatic heterocycles. The van der Waals surface area contributed by atoms with Crippen LogP contribution in [0.2, 0.25) is 0 Å². The Kier molecular flexibility index (Phi) is 7.01. The summed E-state index contributed by atoms with van der Waals surface area (Å²) >= 11 is -3.53. The number of hydrogen-bond acceptors (Lipinski definition) is 4. The molecule has 0 fully saturated rings. The molecule has 10 heteroatoms. The second-order valence-corrected chi connectivity index (χ2v) is 13.3.